The fourth-order valence-corrected chi connectivity index (χ4v) is 3.10. The molecule has 8 nitrogen and oxygen atoms in total. The maximum atomic E-state index is 12.7. The predicted molar refractivity (Wildman–Crippen MR) is 93.4 cm³/mol. The molecule has 0 saturated heterocycles. The van der Waals surface area contributed by atoms with Gasteiger partial charge in [-0.3, -0.25) is 19.7 Å². The second-order valence-corrected chi connectivity index (χ2v) is 6.58. The number of para-hydroxylation sites is 1. The number of amides is 1. The van der Waals surface area contributed by atoms with E-state index in [0.29, 0.717) is 0 Å². The topological polar surface area (TPSA) is 121 Å². The number of Topliss-reactive ketones (excluding diaryl/α,β-unsaturated/α-hetero) is 1. The molecular formula is C18H22N2O6. The van der Waals surface area contributed by atoms with E-state index in [1.54, 1.807) is 6.07 Å². The van der Waals surface area contributed by atoms with Gasteiger partial charge in [-0.15, -0.1) is 0 Å². The average Bonchev–Trinajstić information content (AvgIpc) is 2.83. The standard InChI is InChI=1S/C18H22N2O6/c1-11(2)10-14(22)15-16(12-6-3-4-7-13(12)20(25)26)19(8-5-9-21)18(24)17(15)23/h3-4,6-7,11,16,21,23H,5,8-10H2,1-2H3. The van der Waals surface area contributed by atoms with Gasteiger partial charge in [-0.2, -0.15) is 0 Å². The number of ketones is 1. The summed E-state index contributed by atoms with van der Waals surface area (Å²) >= 11 is 0. The molecule has 1 amide bonds. The molecule has 0 fully saturated rings. The lowest BCUT2D eigenvalue weighted by Crippen LogP contribution is -2.33. The summed E-state index contributed by atoms with van der Waals surface area (Å²) in [5.41, 5.74) is -0.181. The second kappa shape index (κ2) is 8.09. The normalized spacial score (nSPS) is 17.3. The predicted octanol–water partition coefficient (Wildman–Crippen LogP) is 2.29. The lowest BCUT2D eigenvalue weighted by molar-refractivity contribution is -0.385. The molecule has 140 valence electrons. The van der Waals surface area contributed by atoms with Gasteiger partial charge in [-0.05, 0) is 18.4 Å². The molecule has 0 saturated carbocycles. The fraction of sp³-hybridized carbons (Fsp3) is 0.444. The Bertz CT molecular complexity index is 756. The molecule has 0 spiro atoms. The molecule has 0 aliphatic carbocycles. The molecule has 2 N–H and O–H groups in total. The number of benzene rings is 1. The van der Waals surface area contributed by atoms with Gasteiger partial charge in [0.05, 0.1) is 22.1 Å². The van der Waals surface area contributed by atoms with Crippen molar-refractivity contribution in [2.45, 2.75) is 32.7 Å². The van der Waals surface area contributed by atoms with Crippen LogP contribution in [0.25, 0.3) is 0 Å². The van der Waals surface area contributed by atoms with E-state index < -0.39 is 28.4 Å². The maximum absolute atomic E-state index is 12.7. The summed E-state index contributed by atoms with van der Waals surface area (Å²) in [6.07, 6.45) is 0.333. The second-order valence-electron chi connectivity index (χ2n) is 6.58. The van der Waals surface area contributed by atoms with Crippen molar-refractivity contribution in [1.29, 1.82) is 0 Å². The largest absolute Gasteiger partial charge is 0.503 e. The number of hydrogen-bond donors (Lipinski definition) is 2. The van der Waals surface area contributed by atoms with Crippen LogP contribution in [0.15, 0.2) is 35.6 Å². The zero-order valence-corrected chi connectivity index (χ0v) is 14.7. The minimum absolute atomic E-state index is 0.00389. The van der Waals surface area contributed by atoms with Crippen molar-refractivity contribution in [1.82, 2.24) is 4.90 Å². The minimum atomic E-state index is -1.04. The number of rotatable bonds is 8. The molecule has 1 heterocycles. The molecule has 0 bridgehead atoms. The molecule has 26 heavy (non-hydrogen) atoms. The molecule has 1 aromatic rings. The van der Waals surface area contributed by atoms with Gasteiger partial charge in [-0.25, -0.2) is 0 Å². The van der Waals surface area contributed by atoms with Crippen LogP contribution in [-0.4, -0.2) is 44.9 Å². The van der Waals surface area contributed by atoms with Crippen molar-refractivity contribution in [2.75, 3.05) is 13.2 Å². The van der Waals surface area contributed by atoms with Gasteiger partial charge in [-0.1, -0.05) is 26.0 Å². The van der Waals surface area contributed by atoms with E-state index in [-0.39, 0.29) is 48.7 Å². The Morgan fingerprint density at radius 2 is 2.00 bits per heavy atom. The van der Waals surface area contributed by atoms with E-state index in [4.69, 9.17) is 5.11 Å². The van der Waals surface area contributed by atoms with Crippen LogP contribution in [-0.2, 0) is 9.59 Å². The highest BCUT2D eigenvalue weighted by Crippen LogP contribution is 2.41. The molecule has 0 radical (unpaired) electrons. The van der Waals surface area contributed by atoms with E-state index in [9.17, 15) is 24.8 Å². The van der Waals surface area contributed by atoms with Crippen LogP contribution in [0.3, 0.4) is 0 Å². The lowest BCUT2D eigenvalue weighted by atomic mass is 9.91. The maximum Gasteiger partial charge on any atom is 0.290 e. The summed E-state index contributed by atoms with van der Waals surface area (Å²) in [5, 5.41) is 30.8. The van der Waals surface area contributed by atoms with E-state index in [1.165, 1.54) is 23.1 Å². The Morgan fingerprint density at radius 1 is 1.35 bits per heavy atom. The van der Waals surface area contributed by atoms with E-state index in [2.05, 4.69) is 0 Å². The summed E-state index contributed by atoms with van der Waals surface area (Å²) in [6, 6.07) is 4.81. The first-order valence-corrected chi connectivity index (χ1v) is 8.41. The Morgan fingerprint density at radius 3 is 2.58 bits per heavy atom. The van der Waals surface area contributed by atoms with Gasteiger partial charge in [0.2, 0.25) is 0 Å². The zero-order valence-electron chi connectivity index (χ0n) is 14.7. The first-order chi connectivity index (χ1) is 12.3. The average molecular weight is 362 g/mol. The van der Waals surface area contributed by atoms with Crippen LogP contribution in [0.1, 0.15) is 38.3 Å². The van der Waals surface area contributed by atoms with Crippen molar-refractivity contribution in [3.63, 3.8) is 0 Å². The monoisotopic (exact) mass is 362 g/mol. The summed E-state index contributed by atoms with van der Waals surface area (Å²) in [6.45, 7) is 3.53. The minimum Gasteiger partial charge on any atom is -0.503 e. The molecule has 2 rings (SSSR count). The van der Waals surface area contributed by atoms with Gasteiger partial charge in [0, 0.05) is 25.6 Å². The Hall–Kier alpha value is -2.74. The molecular weight excluding hydrogens is 340 g/mol. The quantitative estimate of drug-likeness (QED) is 0.540. The number of aliphatic hydroxyl groups excluding tert-OH is 2. The van der Waals surface area contributed by atoms with Crippen molar-refractivity contribution in [3.05, 3.63) is 51.3 Å². The molecule has 1 unspecified atom stereocenters. The van der Waals surface area contributed by atoms with Crippen molar-refractivity contribution in [3.8, 4) is 0 Å². The smallest absolute Gasteiger partial charge is 0.290 e. The van der Waals surface area contributed by atoms with Gasteiger partial charge in [0.15, 0.2) is 11.5 Å². The van der Waals surface area contributed by atoms with Crippen molar-refractivity contribution >= 4 is 17.4 Å². The van der Waals surface area contributed by atoms with Crippen LogP contribution in [0, 0.1) is 16.0 Å². The molecule has 8 heteroatoms. The molecule has 0 aromatic heterocycles. The number of carbonyl (C=O) groups excluding carboxylic acids is 2. The first kappa shape index (κ1) is 19.6. The van der Waals surface area contributed by atoms with Crippen LogP contribution < -0.4 is 0 Å². The third-order valence-electron chi connectivity index (χ3n) is 4.18. The van der Waals surface area contributed by atoms with Crippen molar-refractivity contribution in [2.24, 2.45) is 5.92 Å². The fourth-order valence-electron chi connectivity index (χ4n) is 3.10. The summed E-state index contributed by atoms with van der Waals surface area (Å²) in [7, 11) is 0. The highest BCUT2D eigenvalue weighted by molar-refractivity contribution is 6.09. The number of nitro groups is 1. The zero-order chi connectivity index (χ0) is 19.4. The number of hydrogen-bond acceptors (Lipinski definition) is 6. The highest BCUT2D eigenvalue weighted by Gasteiger charge is 2.45. The molecule has 1 aliphatic heterocycles. The number of nitrogens with zero attached hydrogens (tertiary/aromatic N) is 2. The molecule has 1 aromatic carbocycles. The Kier molecular flexibility index (Phi) is 6.10. The van der Waals surface area contributed by atoms with Crippen LogP contribution >= 0.6 is 0 Å². The highest BCUT2D eigenvalue weighted by atomic mass is 16.6. The van der Waals surface area contributed by atoms with Crippen LogP contribution in [0.5, 0.6) is 0 Å². The Labute approximate surface area is 150 Å². The number of carbonyl (C=O) groups is 2. The lowest BCUT2D eigenvalue weighted by Gasteiger charge is -2.26. The third kappa shape index (κ3) is 3.75. The van der Waals surface area contributed by atoms with Gasteiger partial charge in [0.1, 0.15) is 0 Å². The van der Waals surface area contributed by atoms with E-state index in [1.807, 2.05) is 13.8 Å². The summed E-state index contributed by atoms with van der Waals surface area (Å²) in [4.78, 5) is 37.2. The number of nitro benzene ring substituents is 1. The molecule has 1 atom stereocenters. The first-order valence-electron chi connectivity index (χ1n) is 8.41. The molecule has 1 aliphatic rings. The summed E-state index contributed by atoms with van der Waals surface area (Å²) < 4.78 is 0. The van der Waals surface area contributed by atoms with E-state index >= 15 is 0 Å². The van der Waals surface area contributed by atoms with E-state index in [0.717, 1.165) is 0 Å². The van der Waals surface area contributed by atoms with Gasteiger partial charge < -0.3 is 15.1 Å². The van der Waals surface area contributed by atoms with Crippen molar-refractivity contribution < 1.29 is 24.7 Å². The number of aliphatic hydroxyl groups is 2. The SMILES string of the molecule is CC(C)CC(=O)C1=C(O)C(=O)N(CCCO)C1c1ccccc1[N+](=O)[O-]. The van der Waals surface area contributed by atoms with Gasteiger partial charge >= 0.3 is 0 Å². The van der Waals surface area contributed by atoms with Gasteiger partial charge in [0.25, 0.3) is 11.6 Å². The third-order valence-corrected chi connectivity index (χ3v) is 4.18. The van der Waals surface area contributed by atoms with Crippen LogP contribution in [0.2, 0.25) is 0 Å². The van der Waals surface area contributed by atoms with Crippen LogP contribution in [0.4, 0.5) is 5.69 Å². The summed E-state index contributed by atoms with van der Waals surface area (Å²) in [5.74, 6) is -1.85. The Balaban J connectivity index is 2.59.